The Kier molecular flexibility index (Phi) is 5.93. The molecule has 3 rings (SSSR count). The summed E-state index contributed by atoms with van der Waals surface area (Å²) < 4.78 is 57.2. The van der Waals surface area contributed by atoms with Gasteiger partial charge in [-0.05, 0) is 45.4 Å². The van der Waals surface area contributed by atoms with E-state index >= 15 is 0 Å². The van der Waals surface area contributed by atoms with Gasteiger partial charge in [0, 0.05) is 36.2 Å². The van der Waals surface area contributed by atoms with Crippen molar-refractivity contribution in [2.45, 2.75) is 43.9 Å². The highest BCUT2D eigenvalue weighted by Crippen LogP contribution is 2.37. The first-order valence-corrected chi connectivity index (χ1v) is 11.3. The number of benzene rings is 1. The molecule has 27 heavy (non-hydrogen) atoms. The summed E-state index contributed by atoms with van der Waals surface area (Å²) in [5, 5.41) is 4.03. The van der Waals surface area contributed by atoms with Gasteiger partial charge < -0.3 is 0 Å². The quantitative estimate of drug-likeness (QED) is 0.765. The fourth-order valence-corrected chi connectivity index (χ4v) is 6.68. The molecular formula is C18H23F2N3O2S2. The number of rotatable bonds is 4. The lowest BCUT2D eigenvalue weighted by Gasteiger charge is -2.20. The van der Waals surface area contributed by atoms with Gasteiger partial charge in [-0.15, -0.1) is 0 Å². The number of aryl methyl sites for hydroxylation is 2. The van der Waals surface area contributed by atoms with Gasteiger partial charge in [-0.1, -0.05) is 0 Å². The summed E-state index contributed by atoms with van der Waals surface area (Å²) >= 11 is 1.46. The molecular weight excluding hydrogens is 392 g/mol. The van der Waals surface area contributed by atoms with Gasteiger partial charge in [-0.3, -0.25) is 4.68 Å². The van der Waals surface area contributed by atoms with Gasteiger partial charge in [0.1, 0.15) is 16.5 Å². The van der Waals surface area contributed by atoms with Gasteiger partial charge in [0.25, 0.3) is 0 Å². The molecule has 0 spiro atoms. The van der Waals surface area contributed by atoms with Gasteiger partial charge >= 0.3 is 0 Å². The van der Waals surface area contributed by atoms with Crippen LogP contribution in [0, 0.1) is 25.5 Å². The molecule has 0 radical (unpaired) electrons. The third-order valence-electron chi connectivity index (χ3n) is 4.82. The summed E-state index contributed by atoms with van der Waals surface area (Å²) in [4.78, 5) is 0.254. The molecule has 1 aliphatic heterocycles. The zero-order valence-electron chi connectivity index (χ0n) is 15.6. The lowest BCUT2D eigenvalue weighted by Crippen LogP contribution is -2.33. The van der Waals surface area contributed by atoms with Gasteiger partial charge in [0.2, 0.25) is 10.0 Å². The summed E-state index contributed by atoms with van der Waals surface area (Å²) in [5.74, 6) is -0.431. The van der Waals surface area contributed by atoms with Crippen LogP contribution in [0.25, 0.3) is 0 Å². The second-order valence-electron chi connectivity index (χ2n) is 6.53. The molecule has 0 amide bonds. The predicted octanol–water partition coefficient (Wildman–Crippen LogP) is 3.67. The molecule has 0 bridgehead atoms. The molecule has 2 heterocycles. The standard InChI is InChI=1S/C18H23F2N3O2S2/c1-4-23-13(3)18(12(2)21-23)27(24,25)22-8-7-17(26-10-9-22)15-11-14(19)5-6-16(15)20/h5-6,11,17H,4,7-10H2,1-3H3. The van der Waals surface area contributed by atoms with Crippen molar-refractivity contribution in [2.75, 3.05) is 18.8 Å². The zero-order chi connectivity index (χ0) is 19.8. The molecule has 0 saturated carbocycles. The highest BCUT2D eigenvalue weighted by Gasteiger charge is 2.33. The van der Waals surface area contributed by atoms with E-state index in [0.29, 0.717) is 42.2 Å². The zero-order valence-corrected chi connectivity index (χ0v) is 17.2. The van der Waals surface area contributed by atoms with Gasteiger partial charge in [-0.2, -0.15) is 21.2 Å². The van der Waals surface area contributed by atoms with Crippen LogP contribution in [0.1, 0.15) is 35.5 Å². The van der Waals surface area contributed by atoms with Crippen LogP contribution in [0.15, 0.2) is 23.1 Å². The maximum Gasteiger partial charge on any atom is 0.246 e. The number of hydrogen-bond acceptors (Lipinski definition) is 4. The van der Waals surface area contributed by atoms with E-state index in [4.69, 9.17) is 0 Å². The van der Waals surface area contributed by atoms with E-state index in [1.807, 2.05) is 6.92 Å². The molecule has 1 saturated heterocycles. The molecule has 1 aromatic heterocycles. The summed E-state index contributed by atoms with van der Waals surface area (Å²) in [6.07, 6.45) is 0.421. The van der Waals surface area contributed by atoms with E-state index in [-0.39, 0.29) is 16.7 Å². The molecule has 148 valence electrons. The van der Waals surface area contributed by atoms with Crippen LogP contribution in [0.5, 0.6) is 0 Å². The monoisotopic (exact) mass is 415 g/mol. The Morgan fingerprint density at radius 3 is 2.67 bits per heavy atom. The van der Waals surface area contributed by atoms with E-state index in [1.54, 1.807) is 18.5 Å². The molecule has 9 heteroatoms. The maximum absolute atomic E-state index is 14.1. The molecule has 1 fully saturated rings. The minimum absolute atomic E-state index is 0.254. The maximum atomic E-state index is 14.1. The number of sulfonamides is 1. The Morgan fingerprint density at radius 1 is 1.26 bits per heavy atom. The Hall–Kier alpha value is -1.45. The van der Waals surface area contributed by atoms with Crippen molar-refractivity contribution >= 4 is 21.8 Å². The highest BCUT2D eigenvalue weighted by molar-refractivity contribution is 7.99. The van der Waals surface area contributed by atoms with E-state index in [9.17, 15) is 17.2 Å². The number of hydrogen-bond donors (Lipinski definition) is 0. The summed E-state index contributed by atoms with van der Waals surface area (Å²) in [6, 6.07) is 3.42. The number of thioether (sulfide) groups is 1. The molecule has 0 aliphatic carbocycles. The molecule has 1 aromatic carbocycles. The predicted molar refractivity (Wildman–Crippen MR) is 102 cm³/mol. The number of halogens is 2. The minimum Gasteiger partial charge on any atom is -0.268 e. The van der Waals surface area contributed by atoms with Crippen LogP contribution >= 0.6 is 11.8 Å². The molecule has 1 atom stereocenters. The normalized spacial score (nSPS) is 19.2. The smallest absolute Gasteiger partial charge is 0.246 e. The Bertz CT molecular complexity index is 944. The van der Waals surface area contributed by atoms with E-state index in [2.05, 4.69) is 5.10 Å². The Morgan fingerprint density at radius 2 is 2.00 bits per heavy atom. The van der Waals surface area contributed by atoms with Gasteiger partial charge in [0.15, 0.2) is 0 Å². The fourth-order valence-electron chi connectivity index (χ4n) is 3.49. The second kappa shape index (κ2) is 7.89. The lowest BCUT2D eigenvalue weighted by molar-refractivity contribution is 0.426. The van der Waals surface area contributed by atoms with Crippen molar-refractivity contribution in [1.29, 1.82) is 0 Å². The first-order valence-electron chi connectivity index (χ1n) is 8.86. The Balaban J connectivity index is 1.86. The molecule has 1 aliphatic rings. The first-order chi connectivity index (χ1) is 12.8. The van der Waals surface area contributed by atoms with Crippen molar-refractivity contribution in [3.63, 3.8) is 0 Å². The molecule has 1 unspecified atom stereocenters. The van der Waals surface area contributed by atoms with Crippen LogP contribution in [0.3, 0.4) is 0 Å². The second-order valence-corrected chi connectivity index (χ2v) is 9.72. The largest absolute Gasteiger partial charge is 0.268 e. The first kappa shape index (κ1) is 20.3. The van der Waals surface area contributed by atoms with Crippen molar-refractivity contribution in [1.82, 2.24) is 14.1 Å². The Labute approximate surface area is 162 Å². The average Bonchev–Trinajstić information content (AvgIpc) is 2.78. The summed E-state index contributed by atoms with van der Waals surface area (Å²) in [5.41, 5.74) is 1.41. The van der Waals surface area contributed by atoms with Crippen LogP contribution in [-0.2, 0) is 16.6 Å². The van der Waals surface area contributed by atoms with Crippen LogP contribution in [0.2, 0.25) is 0 Å². The summed E-state index contributed by atoms with van der Waals surface area (Å²) in [6.45, 7) is 6.55. The third kappa shape index (κ3) is 3.90. The van der Waals surface area contributed by atoms with Crippen molar-refractivity contribution in [2.24, 2.45) is 0 Å². The molecule has 0 N–H and O–H groups in total. The van der Waals surface area contributed by atoms with Gasteiger partial charge in [-0.25, -0.2) is 17.2 Å². The van der Waals surface area contributed by atoms with Crippen LogP contribution in [0.4, 0.5) is 8.78 Å². The lowest BCUT2D eigenvalue weighted by atomic mass is 10.1. The van der Waals surface area contributed by atoms with E-state index < -0.39 is 21.7 Å². The van der Waals surface area contributed by atoms with Crippen LogP contribution in [-0.4, -0.2) is 41.3 Å². The topological polar surface area (TPSA) is 55.2 Å². The van der Waals surface area contributed by atoms with Gasteiger partial charge in [0.05, 0.1) is 11.4 Å². The highest BCUT2D eigenvalue weighted by atomic mass is 32.2. The van der Waals surface area contributed by atoms with E-state index in [0.717, 1.165) is 12.1 Å². The fraction of sp³-hybridized carbons (Fsp3) is 0.500. The summed E-state index contributed by atoms with van der Waals surface area (Å²) in [7, 11) is -3.69. The van der Waals surface area contributed by atoms with Crippen molar-refractivity contribution in [3.05, 3.63) is 46.8 Å². The number of aromatic nitrogens is 2. The average molecular weight is 416 g/mol. The van der Waals surface area contributed by atoms with Crippen molar-refractivity contribution in [3.8, 4) is 0 Å². The minimum atomic E-state index is -3.69. The third-order valence-corrected chi connectivity index (χ3v) is 8.28. The number of nitrogens with zero attached hydrogens (tertiary/aromatic N) is 3. The SMILES string of the molecule is CCn1nc(C)c(S(=O)(=O)N2CCSC(c3cc(F)ccc3F)CC2)c1C. The van der Waals surface area contributed by atoms with Crippen molar-refractivity contribution < 1.29 is 17.2 Å². The molecule has 2 aromatic rings. The van der Waals surface area contributed by atoms with Crippen LogP contribution < -0.4 is 0 Å². The van der Waals surface area contributed by atoms with E-state index in [1.165, 1.54) is 22.1 Å². The molecule has 5 nitrogen and oxygen atoms in total.